The maximum atomic E-state index is 14.0. The lowest BCUT2D eigenvalue weighted by molar-refractivity contribution is -0.138. The van der Waals surface area contributed by atoms with Gasteiger partial charge < -0.3 is 10.2 Å². The molecule has 0 saturated carbocycles. The lowest BCUT2D eigenvalue weighted by Gasteiger charge is -2.33. The van der Waals surface area contributed by atoms with Crippen LogP contribution in [0.15, 0.2) is 72.9 Å². The molecule has 2 heterocycles. The van der Waals surface area contributed by atoms with E-state index >= 15 is 0 Å². The molecule has 3 aromatic carbocycles. The summed E-state index contributed by atoms with van der Waals surface area (Å²) < 4.78 is 41.9. The molecule has 1 amide bonds. The van der Waals surface area contributed by atoms with Crippen molar-refractivity contribution >= 4 is 34.6 Å². The predicted molar refractivity (Wildman–Crippen MR) is 163 cm³/mol. The molecule has 8 heteroatoms. The molecule has 0 atom stereocenters. The maximum Gasteiger partial charge on any atom is 0.416 e. The first kappa shape index (κ1) is 29.5. The average molecular weight is 573 g/mol. The van der Waals surface area contributed by atoms with E-state index in [1.54, 1.807) is 24.3 Å². The number of aryl methyl sites for hydroxylation is 1. The number of hydrogen-bond acceptors (Lipinski definition) is 4. The van der Waals surface area contributed by atoms with Gasteiger partial charge in [0.05, 0.1) is 11.1 Å². The molecule has 1 aliphatic heterocycles. The normalized spacial score (nSPS) is 15.0. The van der Waals surface area contributed by atoms with Crippen molar-refractivity contribution in [2.75, 3.05) is 38.5 Å². The number of rotatable bonds is 8. The monoisotopic (exact) mass is 572 g/mol. The van der Waals surface area contributed by atoms with Crippen molar-refractivity contribution in [3.8, 4) is 0 Å². The Morgan fingerprint density at radius 3 is 2.45 bits per heavy atom. The molecule has 1 aliphatic rings. The Labute approximate surface area is 244 Å². The molecular formula is C34H35F3N4O. The number of carbonyl (C=O) groups excluding carboxylic acids is 1. The lowest BCUT2D eigenvalue weighted by Crippen LogP contribution is -2.44. The number of nitrogens with zero attached hydrogens (tertiary/aromatic N) is 3. The number of likely N-dealkylation sites (N-methyl/N-ethyl adjacent to an activating group) is 1. The number of para-hydroxylation sites is 1. The summed E-state index contributed by atoms with van der Waals surface area (Å²) in [5.74, 6) is -0.471. The molecule has 0 radical (unpaired) electrons. The van der Waals surface area contributed by atoms with Crippen LogP contribution in [0.5, 0.6) is 0 Å². The number of alkyl halides is 3. The van der Waals surface area contributed by atoms with Crippen LogP contribution in [0, 0.1) is 0 Å². The number of pyridine rings is 1. The van der Waals surface area contributed by atoms with Crippen LogP contribution in [0.2, 0.25) is 0 Å². The van der Waals surface area contributed by atoms with Crippen LogP contribution in [-0.4, -0.2) is 53.9 Å². The van der Waals surface area contributed by atoms with E-state index in [9.17, 15) is 18.0 Å². The maximum absolute atomic E-state index is 14.0. The molecule has 42 heavy (non-hydrogen) atoms. The second-order valence-corrected chi connectivity index (χ2v) is 10.9. The van der Waals surface area contributed by atoms with Crippen molar-refractivity contribution in [1.29, 1.82) is 0 Å². The Balaban J connectivity index is 1.29. The number of hydrogen-bond donors (Lipinski definition) is 1. The number of piperazine rings is 1. The van der Waals surface area contributed by atoms with Crippen LogP contribution >= 0.6 is 0 Å². The van der Waals surface area contributed by atoms with Crippen LogP contribution < -0.4 is 5.32 Å². The van der Waals surface area contributed by atoms with E-state index in [-0.39, 0.29) is 17.8 Å². The van der Waals surface area contributed by atoms with Gasteiger partial charge in [0.1, 0.15) is 0 Å². The van der Waals surface area contributed by atoms with Gasteiger partial charge in [-0.05, 0) is 66.1 Å². The zero-order chi connectivity index (χ0) is 29.7. The van der Waals surface area contributed by atoms with Crippen molar-refractivity contribution in [3.63, 3.8) is 0 Å². The highest BCUT2D eigenvalue weighted by Gasteiger charge is 2.34. The van der Waals surface area contributed by atoms with Crippen molar-refractivity contribution in [3.05, 3.63) is 106 Å². The fourth-order valence-electron chi connectivity index (χ4n) is 5.29. The van der Waals surface area contributed by atoms with Gasteiger partial charge in [0.2, 0.25) is 0 Å². The second-order valence-electron chi connectivity index (χ2n) is 10.9. The van der Waals surface area contributed by atoms with E-state index in [4.69, 9.17) is 0 Å². The first-order chi connectivity index (χ1) is 20.2. The minimum Gasteiger partial charge on any atom is -0.322 e. The molecule has 1 saturated heterocycles. The van der Waals surface area contributed by atoms with E-state index in [1.165, 1.54) is 11.6 Å². The smallest absolute Gasteiger partial charge is 0.322 e. The summed E-state index contributed by atoms with van der Waals surface area (Å²) in [4.78, 5) is 21.9. The molecule has 218 valence electrons. The number of amides is 1. The average Bonchev–Trinajstić information content (AvgIpc) is 2.98. The third-order valence-corrected chi connectivity index (χ3v) is 7.62. The topological polar surface area (TPSA) is 48.5 Å². The Morgan fingerprint density at radius 1 is 0.929 bits per heavy atom. The second kappa shape index (κ2) is 12.9. The van der Waals surface area contributed by atoms with Gasteiger partial charge >= 0.3 is 6.18 Å². The molecule has 1 fully saturated rings. The standard InChI is InChI=1S/C34H35F3N4O/c1-3-6-26-8-5-9-27-20-25(22-38-32(26)27)12-11-24-7-4-10-28(19-24)33(42)39-30-14-13-29(31(21-30)34(35,36)37)23-41-17-15-40(2)16-18-41/h4-5,7-14,19-22H,3,6,15-18,23H2,1-2H3,(H,39,42)/b12-11-. The molecule has 4 aromatic rings. The van der Waals surface area contributed by atoms with E-state index in [0.29, 0.717) is 18.7 Å². The Kier molecular flexibility index (Phi) is 9.04. The molecule has 0 bridgehead atoms. The Bertz CT molecular complexity index is 1590. The molecule has 1 N–H and O–H groups in total. The molecule has 0 spiro atoms. The summed E-state index contributed by atoms with van der Waals surface area (Å²) in [5, 5.41) is 3.72. The van der Waals surface area contributed by atoms with E-state index in [1.807, 2.05) is 48.5 Å². The highest BCUT2D eigenvalue weighted by molar-refractivity contribution is 6.04. The van der Waals surface area contributed by atoms with Crippen molar-refractivity contribution < 1.29 is 18.0 Å². The summed E-state index contributed by atoms with van der Waals surface area (Å²) in [7, 11) is 2.01. The van der Waals surface area contributed by atoms with Gasteiger partial charge in [0, 0.05) is 55.6 Å². The zero-order valence-electron chi connectivity index (χ0n) is 23.9. The van der Waals surface area contributed by atoms with Crippen LogP contribution in [0.1, 0.15) is 51.5 Å². The van der Waals surface area contributed by atoms with Gasteiger partial charge in [-0.15, -0.1) is 0 Å². The van der Waals surface area contributed by atoms with E-state index in [2.05, 4.69) is 34.3 Å². The fourth-order valence-corrected chi connectivity index (χ4v) is 5.29. The molecule has 0 unspecified atom stereocenters. The zero-order valence-corrected chi connectivity index (χ0v) is 23.9. The first-order valence-corrected chi connectivity index (χ1v) is 14.3. The van der Waals surface area contributed by atoms with Gasteiger partial charge in [0.15, 0.2) is 0 Å². The summed E-state index contributed by atoms with van der Waals surface area (Å²) in [6, 6.07) is 19.3. The van der Waals surface area contributed by atoms with Gasteiger partial charge in [0.25, 0.3) is 5.91 Å². The SMILES string of the molecule is CCCc1cccc2cc(/C=C\c3cccc(C(=O)Nc4ccc(CN5CCN(C)CC5)c(C(F)(F)F)c4)c3)cnc12. The van der Waals surface area contributed by atoms with Gasteiger partial charge in [-0.3, -0.25) is 14.7 Å². The number of nitrogens with one attached hydrogen (secondary N) is 1. The predicted octanol–water partition coefficient (Wildman–Crippen LogP) is 7.38. The molecule has 5 rings (SSSR count). The molecular weight excluding hydrogens is 537 g/mol. The minimum absolute atomic E-state index is 0.111. The number of aromatic nitrogens is 1. The van der Waals surface area contributed by atoms with Crippen molar-refractivity contribution in [2.45, 2.75) is 32.5 Å². The van der Waals surface area contributed by atoms with Crippen molar-refractivity contribution in [1.82, 2.24) is 14.8 Å². The lowest BCUT2D eigenvalue weighted by atomic mass is 10.0. The molecule has 0 aliphatic carbocycles. The van der Waals surface area contributed by atoms with Crippen LogP contribution in [0.25, 0.3) is 23.1 Å². The number of halogens is 3. The first-order valence-electron chi connectivity index (χ1n) is 14.3. The number of benzene rings is 3. The fraction of sp³-hybridized carbons (Fsp3) is 0.294. The number of carbonyl (C=O) groups is 1. The van der Waals surface area contributed by atoms with Crippen molar-refractivity contribution in [2.24, 2.45) is 0 Å². The molecule has 1 aromatic heterocycles. The third kappa shape index (κ3) is 7.24. The summed E-state index contributed by atoms with van der Waals surface area (Å²) in [6.45, 7) is 5.45. The van der Waals surface area contributed by atoms with Gasteiger partial charge in [-0.25, -0.2) is 0 Å². The Morgan fingerprint density at radius 2 is 1.69 bits per heavy atom. The highest BCUT2D eigenvalue weighted by atomic mass is 19.4. The summed E-state index contributed by atoms with van der Waals surface area (Å²) in [6.07, 6.45) is 3.17. The van der Waals surface area contributed by atoms with Gasteiger partial charge in [-0.2, -0.15) is 13.2 Å². The summed E-state index contributed by atoms with van der Waals surface area (Å²) in [5.41, 5.74) is 3.92. The minimum atomic E-state index is -4.53. The number of fused-ring (bicyclic) bond motifs is 1. The number of anilines is 1. The quantitative estimate of drug-likeness (QED) is 0.239. The third-order valence-electron chi connectivity index (χ3n) is 7.62. The largest absolute Gasteiger partial charge is 0.416 e. The Hall–Kier alpha value is -4.01. The highest BCUT2D eigenvalue weighted by Crippen LogP contribution is 2.35. The van der Waals surface area contributed by atoms with E-state index < -0.39 is 17.6 Å². The van der Waals surface area contributed by atoms with Crippen LogP contribution in [0.3, 0.4) is 0 Å². The molecule has 5 nitrogen and oxygen atoms in total. The van der Waals surface area contributed by atoms with Crippen LogP contribution in [-0.2, 0) is 19.1 Å². The van der Waals surface area contributed by atoms with Gasteiger partial charge in [-0.1, -0.05) is 61.9 Å². The van der Waals surface area contributed by atoms with E-state index in [0.717, 1.165) is 54.0 Å². The summed E-state index contributed by atoms with van der Waals surface area (Å²) >= 11 is 0. The van der Waals surface area contributed by atoms with Crippen LogP contribution in [0.4, 0.5) is 18.9 Å².